The summed E-state index contributed by atoms with van der Waals surface area (Å²) >= 11 is 7.12. The SMILES string of the molecule is Cc1nnc(NC(=O)N(C)CCOc2ccc(Cl)cc2)s1. The molecule has 8 heteroatoms. The Bertz CT molecular complexity index is 602. The summed E-state index contributed by atoms with van der Waals surface area (Å²) in [4.78, 5) is 13.4. The van der Waals surface area contributed by atoms with Gasteiger partial charge in [0.05, 0.1) is 6.54 Å². The second kappa shape index (κ2) is 7.24. The van der Waals surface area contributed by atoms with Crippen LogP contribution >= 0.6 is 22.9 Å². The molecule has 21 heavy (non-hydrogen) atoms. The highest BCUT2D eigenvalue weighted by Crippen LogP contribution is 2.16. The fourth-order valence-electron chi connectivity index (χ4n) is 1.47. The van der Waals surface area contributed by atoms with E-state index in [-0.39, 0.29) is 6.03 Å². The van der Waals surface area contributed by atoms with Crippen LogP contribution in [0.25, 0.3) is 0 Å². The molecule has 0 aliphatic heterocycles. The summed E-state index contributed by atoms with van der Waals surface area (Å²) in [7, 11) is 1.69. The van der Waals surface area contributed by atoms with Crippen LogP contribution in [0, 0.1) is 6.92 Å². The van der Waals surface area contributed by atoms with E-state index in [1.165, 1.54) is 16.2 Å². The topological polar surface area (TPSA) is 67.4 Å². The van der Waals surface area contributed by atoms with Crippen molar-refractivity contribution in [3.8, 4) is 5.75 Å². The lowest BCUT2D eigenvalue weighted by Crippen LogP contribution is -2.34. The Kier molecular flexibility index (Phi) is 5.35. The molecule has 2 amide bonds. The minimum atomic E-state index is -0.245. The zero-order chi connectivity index (χ0) is 15.2. The van der Waals surface area contributed by atoms with E-state index in [1.807, 2.05) is 6.92 Å². The molecule has 6 nitrogen and oxygen atoms in total. The van der Waals surface area contributed by atoms with Gasteiger partial charge in [-0.1, -0.05) is 22.9 Å². The maximum Gasteiger partial charge on any atom is 0.323 e. The van der Waals surface area contributed by atoms with Crippen molar-refractivity contribution >= 4 is 34.1 Å². The number of nitrogens with zero attached hydrogens (tertiary/aromatic N) is 3. The Balaban J connectivity index is 1.74. The number of amides is 2. The highest BCUT2D eigenvalue weighted by molar-refractivity contribution is 7.15. The molecule has 0 saturated carbocycles. The molecular formula is C13H15ClN4O2S. The van der Waals surface area contributed by atoms with E-state index >= 15 is 0 Å². The monoisotopic (exact) mass is 326 g/mol. The van der Waals surface area contributed by atoms with Gasteiger partial charge in [-0.3, -0.25) is 5.32 Å². The third-order valence-electron chi connectivity index (χ3n) is 2.60. The third kappa shape index (κ3) is 4.87. The van der Waals surface area contributed by atoms with Crippen molar-refractivity contribution in [2.45, 2.75) is 6.92 Å². The van der Waals surface area contributed by atoms with Crippen molar-refractivity contribution in [3.63, 3.8) is 0 Å². The number of anilines is 1. The quantitative estimate of drug-likeness (QED) is 0.917. The van der Waals surface area contributed by atoms with Gasteiger partial charge in [0.15, 0.2) is 0 Å². The van der Waals surface area contributed by atoms with Crippen molar-refractivity contribution in [1.29, 1.82) is 0 Å². The minimum absolute atomic E-state index is 0.245. The predicted octanol–water partition coefficient (Wildman–Crippen LogP) is 3.04. The average molecular weight is 327 g/mol. The number of carbonyl (C=O) groups excluding carboxylic acids is 1. The number of aryl methyl sites for hydroxylation is 1. The molecule has 0 radical (unpaired) electrons. The van der Waals surface area contributed by atoms with Crippen LogP contribution in [-0.4, -0.2) is 41.3 Å². The predicted molar refractivity (Wildman–Crippen MR) is 83.2 cm³/mol. The van der Waals surface area contributed by atoms with Gasteiger partial charge in [0.1, 0.15) is 17.4 Å². The third-order valence-corrected chi connectivity index (χ3v) is 3.60. The Morgan fingerprint density at radius 2 is 2.10 bits per heavy atom. The maximum absolute atomic E-state index is 11.9. The summed E-state index contributed by atoms with van der Waals surface area (Å²) in [6, 6.07) is 6.83. The molecule has 2 rings (SSSR count). The first-order valence-electron chi connectivity index (χ1n) is 6.25. The molecule has 2 aromatic rings. The molecule has 0 unspecified atom stereocenters. The van der Waals surface area contributed by atoms with Crippen LogP contribution in [0.2, 0.25) is 5.02 Å². The van der Waals surface area contributed by atoms with Crippen molar-refractivity contribution in [2.24, 2.45) is 0 Å². The minimum Gasteiger partial charge on any atom is -0.492 e. The van der Waals surface area contributed by atoms with Gasteiger partial charge in [0.25, 0.3) is 0 Å². The fraction of sp³-hybridized carbons (Fsp3) is 0.308. The first-order valence-corrected chi connectivity index (χ1v) is 7.44. The molecule has 0 aliphatic carbocycles. The van der Waals surface area contributed by atoms with Crippen molar-refractivity contribution in [3.05, 3.63) is 34.3 Å². The molecule has 0 saturated heterocycles. The summed E-state index contributed by atoms with van der Waals surface area (Å²) in [5.74, 6) is 0.716. The van der Waals surface area contributed by atoms with Crippen molar-refractivity contribution in [1.82, 2.24) is 15.1 Å². The summed E-state index contributed by atoms with van der Waals surface area (Å²) in [6.07, 6.45) is 0. The second-order valence-corrected chi connectivity index (χ2v) is 5.90. The number of urea groups is 1. The Morgan fingerprint density at radius 3 is 2.71 bits per heavy atom. The van der Waals surface area contributed by atoms with Crippen LogP contribution < -0.4 is 10.1 Å². The lowest BCUT2D eigenvalue weighted by molar-refractivity contribution is 0.207. The van der Waals surface area contributed by atoms with Crippen molar-refractivity contribution in [2.75, 3.05) is 25.5 Å². The summed E-state index contributed by atoms with van der Waals surface area (Å²) in [5.41, 5.74) is 0. The number of likely N-dealkylation sites (N-methyl/N-ethyl adjacent to an activating group) is 1. The van der Waals surface area contributed by atoms with Crippen LogP contribution in [0.5, 0.6) is 5.75 Å². The molecule has 0 fully saturated rings. The van der Waals surface area contributed by atoms with E-state index in [0.29, 0.717) is 29.1 Å². The van der Waals surface area contributed by atoms with Gasteiger partial charge in [0, 0.05) is 12.1 Å². The van der Waals surface area contributed by atoms with Gasteiger partial charge in [-0.15, -0.1) is 10.2 Å². The molecule has 1 heterocycles. The van der Waals surface area contributed by atoms with Gasteiger partial charge < -0.3 is 9.64 Å². The lowest BCUT2D eigenvalue weighted by Gasteiger charge is -2.17. The molecular weight excluding hydrogens is 312 g/mol. The van der Waals surface area contributed by atoms with Gasteiger partial charge >= 0.3 is 6.03 Å². The zero-order valence-corrected chi connectivity index (χ0v) is 13.2. The molecule has 1 aromatic carbocycles. The smallest absolute Gasteiger partial charge is 0.323 e. The van der Waals surface area contributed by atoms with E-state index in [0.717, 1.165) is 5.01 Å². The fourth-order valence-corrected chi connectivity index (χ4v) is 2.17. The van der Waals surface area contributed by atoms with Gasteiger partial charge in [-0.05, 0) is 31.2 Å². The molecule has 112 valence electrons. The maximum atomic E-state index is 11.9. The van der Waals surface area contributed by atoms with E-state index in [2.05, 4.69) is 15.5 Å². The van der Waals surface area contributed by atoms with Gasteiger partial charge in [-0.25, -0.2) is 4.79 Å². The number of ether oxygens (including phenoxy) is 1. The number of nitrogens with one attached hydrogen (secondary N) is 1. The van der Waals surface area contributed by atoms with Crippen LogP contribution in [0.3, 0.4) is 0 Å². The molecule has 1 N–H and O–H groups in total. The number of aromatic nitrogens is 2. The van der Waals surface area contributed by atoms with Crippen molar-refractivity contribution < 1.29 is 9.53 Å². The normalized spacial score (nSPS) is 10.2. The first-order chi connectivity index (χ1) is 10.0. The van der Waals surface area contributed by atoms with E-state index in [4.69, 9.17) is 16.3 Å². The number of hydrogen-bond donors (Lipinski definition) is 1. The molecule has 0 atom stereocenters. The number of halogens is 1. The lowest BCUT2D eigenvalue weighted by atomic mass is 10.3. The number of carbonyl (C=O) groups is 1. The molecule has 0 spiro atoms. The molecule has 1 aromatic heterocycles. The summed E-state index contributed by atoms with van der Waals surface area (Å²) < 4.78 is 5.53. The Morgan fingerprint density at radius 1 is 1.38 bits per heavy atom. The second-order valence-electron chi connectivity index (χ2n) is 4.28. The van der Waals surface area contributed by atoms with Crippen LogP contribution in [0.4, 0.5) is 9.93 Å². The number of benzene rings is 1. The average Bonchev–Trinajstić information content (AvgIpc) is 2.86. The number of rotatable bonds is 5. The highest BCUT2D eigenvalue weighted by atomic mass is 35.5. The van der Waals surface area contributed by atoms with E-state index in [1.54, 1.807) is 31.3 Å². The first kappa shape index (κ1) is 15.5. The zero-order valence-electron chi connectivity index (χ0n) is 11.7. The largest absolute Gasteiger partial charge is 0.492 e. The summed E-state index contributed by atoms with van der Waals surface area (Å²) in [5, 5.41) is 12.3. The Labute approximate surface area is 131 Å². The highest BCUT2D eigenvalue weighted by Gasteiger charge is 2.11. The van der Waals surface area contributed by atoms with Crippen LogP contribution in [0.1, 0.15) is 5.01 Å². The number of hydrogen-bond acceptors (Lipinski definition) is 5. The summed E-state index contributed by atoms with van der Waals surface area (Å²) in [6.45, 7) is 2.67. The van der Waals surface area contributed by atoms with Gasteiger partial charge in [-0.2, -0.15) is 0 Å². The van der Waals surface area contributed by atoms with Crippen LogP contribution in [0.15, 0.2) is 24.3 Å². The molecule has 0 bridgehead atoms. The van der Waals surface area contributed by atoms with E-state index in [9.17, 15) is 4.79 Å². The Hall–Kier alpha value is -1.86. The van der Waals surface area contributed by atoms with E-state index < -0.39 is 0 Å². The molecule has 0 aliphatic rings. The standard InChI is InChI=1S/C13H15ClN4O2S/c1-9-16-17-12(21-9)15-13(19)18(2)7-8-20-11-5-3-10(14)4-6-11/h3-6H,7-8H2,1-2H3,(H,15,17,19). The van der Waals surface area contributed by atoms with Crippen LogP contribution in [-0.2, 0) is 0 Å². The van der Waals surface area contributed by atoms with Gasteiger partial charge in [0.2, 0.25) is 5.13 Å².